The van der Waals surface area contributed by atoms with Gasteiger partial charge in [-0.2, -0.15) is 0 Å². The number of ether oxygens (including phenoxy) is 1. The molecule has 0 aliphatic carbocycles. The minimum atomic E-state index is -0.524. The largest absolute Gasteiger partial charge is 0.376 e. The molecule has 22 heavy (non-hydrogen) atoms. The lowest BCUT2D eigenvalue weighted by Gasteiger charge is -2.35. The molecule has 2 heterocycles. The van der Waals surface area contributed by atoms with Gasteiger partial charge in [0.1, 0.15) is 6.04 Å². The van der Waals surface area contributed by atoms with Gasteiger partial charge >= 0.3 is 0 Å². The van der Waals surface area contributed by atoms with Crippen LogP contribution in [-0.2, 0) is 20.7 Å². The zero-order valence-corrected chi connectivity index (χ0v) is 12.9. The minimum Gasteiger partial charge on any atom is -0.376 e. The number of carbonyl (C=O) groups excluding carboxylic acids is 2. The first kappa shape index (κ1) is 15.0. The smallest absolute Gasteiger partial charge is 0.247 e. The third-order valence-electron chi connectivity index (χ3n) is 4.44. The van der Waals surface area contributed by atoms with E-state index in [1.54, 1.807) is 4.90 Å². The van der Waals surface area contributed by atoms with Crippen molar-refractivity contribution in [1.82, 2.24) is 10.2 Å². The van der Waals surface area contributed by atoms with Gasteiger partial charge in [-0.3, -0.25) is 9.59 Å². The molecule has 0 bridgehead atoms. The van der Waals surface area contributed by atoms with Crippen molar-refractivity contribution in [2.45, 2.75) is 38.3 Å². The van der Waals surface area contributed by atoms with Crippen LogP contribution in [0.3, 0.4) is 0 Å². The molecule has 5 heteroatoms. The topological polar surface area (TPSA) is 58.6 Å². The Morgan fingerprint density at radius 3 is 2.95 bits per heavy atom. The summed E-state index contributed by atoms with van der Waals surface area (Å²) in [6.45, 7) is 3.73. The van der Waals surface area contributed by atoms with Crippen molar-refractivity contribution in [3.05, 3.63) is 35.4 Å². The van der Waals surface area contributed by atoms with Crippen LogP contribution < -0.4 is 5.32 Å². The summed E-state index contributed by atoms with van der Waals surface area (Å²) in [6.07, 6.45) is 2.51. The van der Waals surface area contributed by atoms with Gasteiger partial charge in [-0.15, -0.1) is 0 Å². The molecule has 0 saturated carbocycles. The highest BCUT2D eigenvalue weighted by molar-refractivity contribution is 5.92. The summed E-state index contributed by atoms with van der Waals surface area (Å²) in [5.74, 6) is -0.101. The lowest BCUT2D eigenvalue weighted by molar-refractivity contribution is -0.141. The summed E-state index contributed by atoms with van der Waals surface area (Å²) in [4.78, 5) is 26.6. The summed E-state index contributed by atoms with van der Waals surface area (Å²) in [5, 5.41) is 2.96. The Morgan fingerprint density at radius 1 is 1.41 bits per heavy atom. The molecular formula is C17H22N2O3. The Labute approximate surface area is 130 Å². The van der Waals surface area contributed by atoms with Gasteiger partial charge in [-0.1, -0.05) is 24.3 Å². The van der Waals surface area contributed by atoms with Crippen LogP contribution in [0.2, 0.25) is 0 Å². The van der Waals surface area contributed by atoms with Crippen LogP contribution in [0, 0.1) is 0 Å². The minimum absolute atomic E-state index is 0.0125. The summed E-state index contributed by atoms with van der Waals surface area (Å²) < 4.78 is 5.54. The summed E-state index contributed by atoms with van der Waals surface area (Å²) in [6, 6.07) is 7.18. The molecule has 0 spiro atoms. The van der Waals surface area contributed by atoms with Crippen molar-refractivity contribution in [2.24, 2.45) is 0 Å². The molecule has 2 aliphatic heterocycles. The van der Waals surface area contributed by atoms with Gasteiger partial charge in [0.05, 0.1) is 12.5 Å². The highest BCUT2D eigenvalue weighted by atomic mass is 16.5. The molecule has 2 aliphatic rings. The zero-order valence-electron chi connectivity index (χ0n) is 12.9. The van der Waals surface area contributed by atoms with E-state index in [4.69, 9.17) is 4.74 Å². The number of likely N-dealkylation sites (N-methyl/N-ethyl adjacent to an activating group) is 1. The van der Waals surface area contributed by atoms with E-state index in [-0.39, 0.29) is 17.9 Å². The van der Waals surface area contributed by atoms with Crippen molar-refractivity contribution in [3.8, 4) is 0 Å². The quantitative estimate of drug-likeness (QED) is 0.915. The lowest BCUT2D eigenvalue weighted by Crippen LogP contribution is -2.48. The number of carbonyl (C=O) groups is 2. The van der Waals surface area contributed by atoms with Crippen LogP contribution in [0.5, 0.6) is 0 Å². The molecular weight excluding hydrogens is 280 g/mol. The summed E-state index contributed by atoms with van der Waals surface area (Å²) in [7, 11) is 0. The van der Waals surface area contributed by atoms with Crippen LogP contribution in [0.15, 0.2) is 24.3 Å². The molecule has 2 unspecified atom stereocenters. The maximum absolute atomic E-state index is 12.7. The zero-order chi connectivity index (χ0) is 15.5. The Hall–Kier alpha value is -1.88. The third-order valence-corrected chi connectivity index (χ3v) is 4.44. The summed E-state index contributed by atoms with van der Waals surface area (Å²) in [5.41, 5.74) is 1.89. The van der Waals surface area contributed by atoms with Crippen LogP contribution in [0.1, 0.15) is 36.9 Å². The Kier molecular flexibility index (Phi) is 4.43. The van der Waals surface area contributed by atoms with E-state index in [2.05, 4.69) is 5.32 Å². The summed E-state index contributed by atoms with van der Waals surface area (Å²) >= 11 is 0. The first-order valence-corrected chi connectivity index (χ1v) is 7.97. The Morgan fingerprint density at radius 2 is 2.23 bits per heavy atom. The number of benzene rings is 1. The van der Waals surface area contributed by atoms with Gasteiger partial charge in [0.25, 0.3) is 0 Å². The van der Waals surface area contributed by atoms with E-state index < -0.39 is 6.04 Å². The Bertz CT molecular complexity index is 567. The van der Waals surface area contributed by atoms with Crippen molar-refractivity contribution >= 4 is 11.8 Å². The average molecular weight is 302 g/mol. The second kappa shape index (κ2) is 6.48. The maximum atomic E-state index is 12.7. The molecule has 1 aromatic carbocycles. The van der Waals surface area contributed by atoms with Gasteiger partial charge in [0, 0.05) is 19.7 Å². The van der Waals surface area contributed by atoms with Crippen molar-refractivity contribution in [3.63, 3.8) is 0 Å². The van der Waals surface area contributed by atoms with Gasteiger partial charge in [0.2, 0.25) is 11.8 Å². The first-order chi connectivity index (χ1) is 10.7. The fraction of sp³-hybridized carbons (Fsp3) is 0.529. The molecule has 2 amide bonds. The SMILES string of the molecule is CCN1C(=O)Cc2ccccc2C1C(=O)NCC1CCCO1. The van der Waals surface area contributed by atoms with E-state index in [9.17, 15) is 9.59 Å². The van der Waals surface area contributed by atoms with Crippen LogP contribution in [0.25, 0.3) is 0 Å². The molecule has 1 fully saturated rings. The van der Waals surface area contributed by atoms with Gasteiger partial charge < -0.3 is 15.0 Å². The van der Waals surface area contributed by atoms with E-state index in [1.165, 1.54) is 0 Å². The molecule has 118 valence electrons. The van der Waals surface area contributed by atoms with E-state index >= 15 is 0 Å². The number of hydrogen-bond donors (Lipinski definition) is 1. The number of hydrogen-bond acceptors (Lipinski definition) is 3. The van der Waals surface area contributed by atoms with Crippen molar-refractivity contribution in [1.29, 1.82) is 0 Å². The van der Waals surface area contributed by atoms with Crippen molar-refractivity contribution in [2.75, 3.05) is 19.7 Å². The number of nitrogens with one attached hydrogen (secondary N) is 1. The van der Waals surface area contributed by atoms with Gasteiger partial charge in [-0.25, -0.2) is 0 Å². The van der Waals surface area contributed by atoms with Crippen LogP contribution in [0.4, 0.5) is 0 Å². The van der Waals surface area contributed by atoms with E-state index in [0.717, 1.165) is 30.6 Å². The molecule has 1 N–H and O–H groups in total. The predicted octanol–water partition coefficient (Wildman–Crippen LogP) is 1.43. The second-order valence-electron chi connectivity index (χ2n) is 5.84. The second-order valence-corrected chi connectivity index (χ2v) is 5.84. The average Bonchev–Trinajstić information content (AvgIpc) is 3.04. The molecule has 1 saturated heterocycles. The lowest BCUT2D eigenvalue weighted by atomic mass is 9.91. The van der Waals surface area contributed by atoms with Crippen molar-refractivity contribution < 1.29 is 14.3 Å². The molecule has 5 nitrogen and oxygen atoms in total. The van der Waals surface area contributed by atoms with E-state index in [1.807, 2.05) is 31.2 Å². The number of amides is 2. The number of nitrogens with zero attached hydrogens (tertiary/aromatic N) is 1. The van der Waals surface area contributed by atoms with E-state index in [0.29, 0.717) is 19.5 Å². The standard InChI is InChI=1S/C17H22N2O3/c1-2-19-15(20)10-12-6-3-4-8-14(12)16(19)17(21)18-11-13-7-5-9-22-13/h3-4,6,8,13,16H,2,5,7,9-11H2,1H3,(H,18,21). The van der Waals surface area contributed by atoms with Crippen LogP contribution >= 0.6 is 0 Å². The number of fused-ring (bicyclic) bond motifs is 1. The number of rotatable bonds is 4. The maximum Gasteiger partial charge on any atom is 0.247 e. The molecule has 1 aromatic rings. The highest BCUT2D eigenvalue weighted by Crippen LogP contribution is 2.30. The fourth-order valence-corrected chi connectivity index (χ4v) is 3.30. The third kappa shape index (κ3) is 2.86. The molecule has 2 atom stereocenters. The molecule has 0 radical (unpaired) electrons. The van der Waals surface area contributed by atoms with Crippen LogP contribution in [-0.4, -0.2) is 42.5 Å². The van der Waals surface area contributed by atoms with Gasteiger partial charge in [0.15, 0.2) is 0 Å². The normalized spacial score (nSPS) is 24.2. The molecule has 3 rings (SSSR count). The Balaban J connectivity index is 1.78. The first-order valence-electron chi connectivity index (χ1n) is 7.97. The monoisotopic (exact) mass is 302 g/mol. The molecule has 0 aromatic heterocycles. The fourth-order valence-electron chi connectivity index (χ4n) is 3.30. The predicted molar refractivity (Wildman–Crippen MR) is 82.3 cm³/mol. The van der Waals surface area contributed by atoms with Gasteiger partial charge in [-0.05, 0) is 30.9 Å². The highest BCUT2D eigenvalue weighted by Gasteiger charge is 2.36.